The van der Waals surface area contributed by atoms with Gasteiger partial charge < -0.3 is 14.5 Å². The molecule has 1 saturated heterocycles. The van der Waals surface area contributed by atoms with Gasteiger partial charge >= 0.3 is 0 Å². The van der Waals surface area contributed by atoms with Gasteiger partial charge in [-0.25, -0.2) is 0 Å². The molecule has 1 fully saturated rings. The van der Waals surface area contributed by atoms with Crippen molar-refractivity contribution in [1.82, 2.24) is 15.1 Å². The number of benzene rings is 2. The SMILES string of the molecule is c1cc2c3c(c1)[C@@H]1CN(CCCc4[nH]nc5ccccc45)CC[C@@H]1N3CCO2. The molecule has 6 rings (SSSR count). The topological polar surface area (TPSA) is 44.4 Å². The Hall–Kier alpha value is -2.53. The largest absolute Gasteiger partial charge is 0.490 e. The maximum atomic E-state index is 5.92. The van der Waals surface area contributed by atoms with Gasteiger partial charge in [0, 0.05) is 36.1 Å². The van der Waals surface area contributed by atoms with Gasteiger partial charge in [-0.1, -0.05) is 30.3 Å². The van der Waals surface area contributed by atoms with E-state index in [0.29, 0.717) is 12.0 Å². The fourth-order valence-corrected chi connectivity index (χ4v) is 5.53. The Labute approximate surface area is 165 Å². The molecule has 3 aliphatic rings. The van der Waals surface area contributed by atoms with Crippen molar-refractivity contribution >= 4 is 16.6 Å². The van der Waals surface area contributed by atoms with Gasteiger partial charge in [0.15, 0.2) is 0 Å². The summed E-state index contributed by atoms with van der Waals surface area (Å²) < 4.78 is 5.92. The van der Waals surface area contributed by atoms with Crippen LogP contribution in [0.15, 0.2) is 42.5 Å². The molecule has 0 amide bonds. The number of fused-ring (bicyclic) bond motifs is 4. The van der Waals surface area contributed by atoms with E-state index < -0.39 is 0 Å². The van der Waals surface area contributed by atoms with E-state index in [-0.39, 0.29) is 0 Å². The lowest BCUT2D eigenvalue weighted by Crippen LogP contribution is -2.48. The summed E-state index contributed by atoms with van der Waals surface area (Å²) in [6.07, 6.45) is 3.49. The maximum absolute atomic E-state index is 5.92. The van der Waals surface area contributed by atoms with E-state index in [0.717, 1.165) is 37.4 Å². The molecule has 0 aliphatic carbocycles. The minimum atomic E-state index is 0.624. The summed E-state index contributed by atoms with van der Waals surface area (Å²) in [5.41, 5.74) is 5.24. The van der Waals surface area contributed by atoms with Crippen LogP contribution in [0.5, 0.6) is 5.75 Å². The van der Waals surface area contributed by atoms with Gasteiger partial charge in [0.2, 0.25) is 0 Å². The quantitative estimate of drug-likeness (QED) is 0.758. The first-order valence-electron chi connectivity index (χ1n) is 10.6. The summed E-state index contributed by atoms with van der Waals surface area (Å²) in [6, 6.07) is 15.7. The lowest BCUT2D eigenvalue weighted by atomic mass is 9.89. The van der Waals surface area contributed by atoms with Crippen molar-refractivity contribution in [2.75, 3.05) is 37.7 Å². The van der Waals surface area contributed by atoms with E-state index in [1.54, 1.807) is 0 Å². The Morgan fingerprint density at radius 2 is 2.07 bits per heavy atom. The molecule has 2 aromatic carbocycles. The zero-order valence-corrected chi connectivity index (χ0v) is 16.1. The Balaban J connectivity index is 1.14. The molecule has 0 spiro atoms. The number of H-pyrrole nitrogens is 1. The third kappa shape index (κ3) is 2.53. The number of nitrogens with zero attached hydrogens (tertiary/aromatic N) is 3. The number of aromatic nitrogens is 2. The molecule has 28 heavy (non-hydrogen) atoms. The van der Waals surface area contributed by atoms with Gasteiger partial charge in [-0.05, 0) is 43.5 Å². The van der Waals surface area contributed by atoms with Crippen LogP contribution < -0.4 is 9.64 Å². The summed E-state index contributed by atoms with van der Waals surface area (Å²) in [6.45, 7) is 5.38. The van der Waals surface area contributed by atoms with Gasteiger partial charge in [-0.2, -0.15) is 5.10 Å². The zero-order chi connectivity index (χ0) is 18.5. The molecule has 3 aromatic rings. The van der Waals surface area contributed by atoms with Gasteiger partial charge in [0.05, 0.1) is 17.7 Å². The standard InChI is InChI=1S/C23H26N4O/c1-2-7-19-17(5-1)20(25-24-19)8-4-11-26-12-10-21-18(15-26)16-6-3-9-22-23(16)27(21)13-14-28-22/h1-3,5-7,9,18,21H,4,8,10-15H2,(H,24,25)/t18-,21-/m0/s1. The van der Waals surface area contributed by atoms with Crippen molar-refractivity contribution in [2.24, 2.45) is 0 Å². The van der Waals surface area contributed by atoms with Crippen molar-refractivity contribution < 1.29 is 4.74 Å². The fraction of sp³-hybridized carbons (Fsp3) is 0.435. The highest BCUT2D eigenvalue weighted by atomic mass is 16.5. The van der Waals surface area contributed by atoms with Crippen LogP contribution in [0, 0.1) is 0 Å². The second kappa shape index (κ2) is 6.52. The van der Waals surface area contributed by atoms with Crippen molar-refractivity contribution in [3.05, 3.63) is 53.7 Å². The molecule has 144 valence electrons. The molecule has 0 bridgehead atoms. The number of piperidine rings is 1. The van der Waals surface area contributed by atoms with Gasteiger partial charge in [-0.15, -0.1) is 0 Å². The summed E-state index contributed by atoms with van der Waals surface area (Å²) in [4.78, 5) is 5.30. The average molecular weight is 374 g/mol. The highest BCUT2D eigenvalue weighted by Gasteiger charge is 2.44. The monoisotopic (exact) mass is 374 g/mol. The van der Waals surface area contributed by atoms with Crippen LogP contribution in [-0.2, 0) is 6.42 Å². The van der Waals surface area contributed by atoms with Crippen molar-refractivity contribution in [3.8, 4) is 5.75 Å². The number of aryl methyl sites for hydroxylation is 1. The maximum Gasteiger partial charge on any atom is 0.142 e. The van der Waals surface area contributed by atoms with E-state index in [9.17, 15) is 0 Å². The van der Waals surface area contributed by atoms with E-state index >= 15 is 0 Å². The molecule has 1 aromatic heterocycles. The molecule has 3 aliphatic heterocycles. The highest BCUT2D eigenvalue weighted by molar-refractivity contribution is 5.81. The molecule has 5 heteroatoms. The average Bonchev–Trinajstić information content (AvgIpc) is 3.30. The highest BCUT2D eigenvalue weighted by Crippen LogP contribution is 2.50. The number of para-hydroxylation sites is 2. The number of ether oxygens (including phenoxy) is 1. The van der Waals surface area contributed by atoms with Crippen LogP contribution in [0.3, 0.4) is 0 Å². The van der Waals surface area contributed by atoms with E-state index in [4.69, 9.17) is 4.74 Å². The molecular formula is C23H26N4O. The predicted molar refractivity (Wildman–Crippen MR) is 111 cm³/mol. The lowest BCUT2D eigenvalue weighted by molar-refractivity contribution is 0.188. The minimum Gasteiger partial charge on any atom is -0.490 e. The Morgan fingerprint density at radius 3 is 3.07 bits per heavy atom. The minimum absolute atomic E-state index is 0.624. The van der Waals surface area contributed by atoms with Crippen molar-refractivity contribution in [2.45, 2.75) is 31.2 Å². The zero-order valence-electron chi connectivity index (χ0n) is 16.1. The number of rotatable bonds is 4. The Bertz CT molecular complexity index is 1010. The predicted octanol–water partition coefficient (Wildman–Crippen LogP) is 3.57. The summed E-state index contributed by atoms with van der Waals surface area (Å²) in [5.74, 6) is 1.72. The summed E-state index contributed by atoms with van der Waals surface area (Å²) in [5, 5.41) is 8.94. The molecule has 5 nitrogen and oxygen atoms in total. The number of anilines is 1. The number of hydrogen-bond acceptors (Lipinski definition) is 4. The first-order chi connectivity index (χ1) is 13.9. The third-order valence-electron chi connectivity index (χ3n) is 6.81. The first kappa shape index (κ1) is 16.4. The lowest BCUT2D eigenvalue weighted by Gasteiger charge is -2.40. The molecule has 4 heterocycles. The smallest absolute Gasteiger partial charge is 0.142 e. The van der Waals surface area contributed by atoms with Crippen molar-refractivity contribution in [1.29, 1.82) is 0 Å². The number of hydrogen-bond donors (Lipinski definition) is 1. The van der Waals surface area contributed by atoms with Crippen LogP contribution in [0.2, 0.25) is 0 Å². The second-order valence-corrected chi connectivity index (χ2v) is 8.32. The van der Waals surface area contributed by atoms with Gasteiger partial charge in [0.25, 0.3) is 0 Å². The first-order valence-corrected chi connectivity index (χ1v) is 10.6. The van der Waals surface area contributed by atoms with Crippen LogP contribution in [0.25, 0.3) is 10.9 Å². The molecule has 1 N–H and O–H groups in total. The van der Waals surface area contributed by atoms with Crippen LogP contribution in [0.4, 0.5) is 5.69 Å². The number of nitrogens with one attached hydrogen (secondary N) is 1. The number of aromatic amines is 1. The van der Waals surface area contributed by atoms with Gasteiger partial charge in [-0.3, -0.25) is 5.10 Å². The van der Waals surface area contributed by atoms with Crippen LogP contribution >= 0.6 is 0 Å². The summed E-state index contributed by atoms with van der Waals surface area (Å²) >= 11 is 0. The Morgan fingerprint density at radius 1 is 1.11 bits per heavy atom. The fourth-order valence-electron chi connectivity index (χ4n) is 5.53. The Kier molecular flexibility index (Phi) is 3.82. The molecule has 0 unspecified atom stereocenters. The molecule has 0 saturated carbocycles. The normalized spacial score (nSPS) is 23.5. The second-order valence-electron chi connectivity index (χ2n) is 8.32. The van der Waals surface area contributed by atoms with Crippen molar-refractivity contribution in [3.63, 3.8) is 0 Å². The summed E-state index contributed by atoms with van der Waals surface area (Å²) in [7, 11) is 0. The molecular weight excluding hydrogens is 348 g/mol. The third-order valence-corrected chi connectivity index (χ3v) is 6.81. The van der Waals surface area contributed by atoms with Crippen LogP contribution in [-0.4, -0.2) is 53.9 Å². The number of likely N-dealkylation sites (tertiary alicyclic amines) is 1. The van der Waals surface area contributed by atoms with E-state index in [1.807, 2.05) is 6.07 Å². The molecule has 2 atom stereocenters. The molecule has 0 radical (unpaired) electrons. The van der Waals surface area contributed by atoms with Crippen LogP contribution in [0.1, 0.15) is 30.0 Å². The van der Waals surface area contributed by atoms with E-state index in [1.165, 1.54) is 48.3 Å². The van der Waals surface area contributed by atoms with Gasteiger partial charge in [0.1, 0.15) is 12.4 Å². The van der Waals surface area contributed by atoms with E-state index in [2.05, 4.69) is 56.4 Å².